The van der Waals surface area contributed by atoms with E-state index in [1.165, 1.54) is 21.7 Å². The van der Waals surface area contributed by atoms with E-state index >= 15 is 0 Å². The first kappa shape index (κ1) is 22.9. The zero-order chi connectivity index (χ0) is 24.4. The van der Waals surface area contributed by atoms with E-state index < -0.39 is 23.5 Å². The van der Waals surface area contributed by atoms with Gasteiger partial charge in [0.25, 0.3) is 5.91 Å². The zero-order valence-corrected chi connectivity index (χ0v) is 18.2. The van der Waals surface area contributed by atoms with Crippen molar-refractivity contribution in [2.75, 3.05) is 6.54 Å². The topological polar surface area (TPSA) is 153 Å². The Hall–Kier alpha value is -4.28. The van der Waals surface area contributed by atoms with Crippen molar-refractivity contribution in [3.8, 4) is 0 Å². The normalized spacial score (nSPS) is 13.0. The molecule has 3 aromatic rings. The molecule has 0 aliphatic heterocycles. The van der Waals surface area contributed by atoms with E-state index in [2.05, 4.69) is 10.4 Å². The summed E-state index contributed by atoms with van der Waals surface area (Å²) in [4.78, 5) is 49.9. The zero-order valence-electron chi connectivity index (χ0n) is 18.2. The molecule has 0 unspecified atom stereocenters. The SMILES string of the molecule is NC(=O)c1ccc(CNC(=O)CN(C(=O)Cn2nc(C(N)=O)c3ccccc32)C2CC2)c(F)c1. The predicted molar refractivity (Wildman–Crippen MR) is 120 cm³/mol. The summed E-state index contributed by atoms with van der Waals surface area (Å²) in [5.74, 6) is -2.90. The number of carbonyl (C=O) groups excluding carboxylic acids is 4. The van der Waals surface area contributed by atoms with Crippen molar-refractivity contribution < 1.29 is 23.6 Å². The number of carbonyl (C=O) groups is 4. The predicted octanol–water partition coefficient (Wildman–Crippen LogP) is 0.681. The van der Waals surface area contributed by atoms with E-state index in [0.717, 1.165) is 18.9 Å². The molecule has 0 saturated heterocycles. The van der Waals surface area contributed by atoms with Gasteiger partial charge in [0, 0.05) is 29.1 Å². The summed E-state index contributed by atoms with van der Waals surface area (Å²) in [6.07, 6.45) is 1.54. The molecule has 176 valence electrons. The monoisotopic (exact) mass is 466 g/mol. The van der Waals surface area contributed by atoms with Crippen LogP contribution in [-0.2, 0) is 22.7 Å². The van der Waals surface area contributed by atoms with Gasteiger partial charge in [0.05, 0.1) is 12.1 Å². The van der Waals surface area contributed by atoms with Gasteiger partial charge in [0.1, 0.15) is 12.4 Å². The average molecular weight is 466 g/mol. The van der Waals surface area contributed by atoms with E-state index in [1.54, 1.807) is 24.3 Å². The number of hydrogen-bond acceptors (Lipinski definition) is 5. The van der Waals surface area contributed by atoms with Gasteiger partial charge in [-0.15, -0.1) is 0 Å². The molecule has 1 saturated carbocycles. The summed E-state index contributed by atoms with van der Waals surface area (Å²) in [7, 11) is 0. The summed E-state index contributed by atoms with van der Waals surface area (Å²) < 4.78 is 15.6. The first-order valence-electron chi connectivity index (χ1n) is 10.6. The Labute approximate surface area is 193 Å². The fraction of sp³-hybridized carbons (Fsp3) is 0.261. The molecular weight excluding hydrogens is 443 g/mol. The van der Waals surface area contributed by atoms with Crippen LogP contribution >= 0.6 is 0 Å². The lowest BCUT2D eigenvalue weighted by Gasteiger charge is -2.22. The van der Waals surface area contributed by atoms with Crippen molar-refractivity contribution in [2.24, 2.45) is 11.5 Å². The third kappa shape index (κ3) is 4.87. The highest BCUT2D eigenvalue weighted by atomic mass is 19.1. The Kier molecular flexibility index (Phi) is 6.26. The number of benzene rings is 2. The number of primary amides is 2. The number of halogens is 1. The molecule has 34 heavy (non-hydrogen) atoms. The minimum Gasteiger partial charge on any atom is -0.366 e. The molecule has 0 atom stereocenters. The molecule has 0 bridgehead atoms. The highest BCUT2D eigenvalue weighted by Gasteiger charge is 2.34. The molecule has 4 rings (SSSR count). The van der Waals surface area contributed by atoms with Crippen molar-refractivity contribution in [1.29, 1.82) is 0 Å². The maximum Gasteiger partial charge on any atom is 0.269 e. The van der Waals surface area contributed by atoms with E-state index in [9.17, 15) is 23.6 Å². The quantitative estimate of drug-likeness (QED) is 0.423. The molecule has 4 amide bonds. The summed E-state index contributed by atoms with van der Waals surface area (Å²) in [6.45, 7) is -0.477. The lowest BCUT2D eigenvalue weighted by Crippen LogP contribution is -2.43. The summed E-state index contributed by atoms with van der Waals surface area (Å²) in [5, 5.41) is 7.34. The fourth-order valence-electron chi connectivity index (χ4n) is 3.70. The van der Waals surface area contributed by atoms with Gasteiger partial charge in [0.15, 0.2) is 5.69 Å². The number of para-hydroxylation sites is 1. The highest BCUT2D eigenvalue weighted by molar-refractivity contribution is 6.04. The molecule has 1 aromatic heterocycles. The Morgan fingerprint density at radius 1 is 1.09 bits per heavy atom. The minimum atomic E-state index is -0.749. The molecule has 10 nitrogen and oxygen atoms in total. The Bertz CT molecular complexity index is 1300. The second-order valence-corrected chi connectivity index (χ2v) is 8.09. The fourth-order valence-corrected chi connectivity index (χ4v) is 3.70. The number of nitrogens with two attached hydrogens (primary N) is 2. The van der Waals surface area contributed by atoms with Crippen molar-refractivity contribution in [3.63, 3.8) is 0 Å². The molecule has 1 heterocycles. The Morgan fingerprint density at radius 2 is 1.82 bits per heavy atom. The number of aromatic nitrogens is 2. The van der Waals surface area contributed by atoms with Gasteiger partial charge in [-0.05, 0) is 31.0 Å². The Balaban J connectivity index is 1.42. The van der Waals surface area contributed by atoms with Gasteiger partial charge >= 0.3 is 0 Å². The molecule has 1 aliphatic carbocycles. The van der Waals surface area contributed by atoms with Crippen LogP contribution in [0.5, 0.6) is 0 Å². The van der Waals surface area contributed by atoms with Crippen LogP contribution in [0.1, 0.15) is 39.3 Å². The molecular formula is C23H23FN6O4. The van der Waals surface area contributed by atoms with Gasteiger partial charge in [-0.2, -0.15) is 5.10 Å². The van der Waals surface area contributed by atoms with Gasteiger partial charge in [-0.25, -0.2) is 4.39 Å². The third-order valence-corrected chi connectivity index (χ3v) is 5.61. The number of amides is 4. The van der Waals surface area contributed by atoms with E-state index in [0.29, 0.717) is 10.9 Å². The van der Waals surface area contributed by atoms with Gasteiger partial charge in [-0.1, -0.05) is 24.3 Å². The average Bonchev–Trinajstić information content (AvgIpc) is 3.58. The highest BCUT2D eigenvalue weighted by Crippen LogP contribution is 2.27. The summed E-state index contributed by atoms with van der Waals surface area (Å²) >= 11 is 0. The van der Waals surface area contributed by atoms with Gasteiger partial charge < -0.3 is 21.7 Å². The lowest BCUT2D eigenvalue weighted by molar-refractivity contribution is -0.137. The van der Waals surface area contributed by atoms with Crippen LogP contribution in [0.4, 0.5) is 4.39 Å². The number of fused-ring (bicyclic) bond motifs is 1. The van der Waals surface area contributed by atoms with Crippen LogP contribution in [0.3, 0.4) is 0 Å². The van der Waals surface area contributed by atoms with Crippen LogP contribution in [0.25, 0.3) is 10.9 Å². The molecule has 11 heteroatoms. The Morgan fingerprint density at radius 3 is 2.47 bits per heavy atom. The second-order valence-electron chi connectivity index (χ2n) is 8.09. The number of nitrogens with zero attached hydrogens (tertiary/aromatic N) is 3. The van der Waals surface area contributed by atoms with Crippen molar-refractivity contribution in [2.45, 2.75) is 32.0 Å². The van der Waals surface area contributed by atoms with Crippen LogP contribution in [0, 0.1) is 5.82 Å². The largest absolute Gasteiger partial charge is 0.366 e. The molecule has 5 N–H and O–H groups in total. The molecule has 0 spiro atoms. The van der Waals surface area contributed by atoms with Crippen LogP contribution < -0.4 is 16.8 Å². The van der Waals surface area contributed by atoms with E-state index in [4.69, 9.17) is 11.5 Å². The standard InChI is InChI=1S/C23H23FN6O4/c24-17-9-13(22(25)33)5-6-14(17)10-27-19(31)11-29(15-7-8-15)20(32)12-30-18-4-2-1-3-16(18)21(28-30)23(26)34/h1-6,9,15H,7-8,10-12H2,(H2,25,33)(H2,26,34)(H,27,31). The van der Waals surface area contributed by atoms with Crippen molar-refractivity contribution in [3.05, 3.63) is 65.1 Å². The minimum absolute atomic E-state index is 0.0312. The molecule has 1 aliphatic rings. The third-order valence-electron chi connectivity index (χ3n) is 5.61. The summed E-state index contributed by atoms with van der Waals surface area (Å²) in [5.41, 5.74) is 11.4. The molecule has 1 fully saturated rings. The molecule has 0 radical (unpaired) electrons. The van der Waals surface area contributed by atoms with E-state index in [1.807, 2.05) is 0 Å². The van der Waals surface area contributed by atoms with Crippen LogP contribution in [0.2, 0.25) is 0 Å². The molecule has 2 aromatic carbocycles. The first-order chi connectivity index (χ1) is 16.2. The summed E-state index contributed by atoms with van der Waals surface area (Å²) in [6, 6.07) is 10.6. The van der Waals surface area contributed by atoms with E-state index in [-0.39, 0.29) is 48.4 Å². The number of rotatable bonds is 9. The van der Waals surface area contributed by atoms with Gasteiger partial charge in [-0.3, -0.25) is 23.9 Å². The lowest BCUT2D eigenvalue weighted by atomic mass is 10.1. The first-order valence-corrected chi connectivity index (χ1v) is 10.6. The number of nitrogens with one attached hydrogen (secondary N) is 1. The van der Waals surface area contributed by atoms with Crippen molar-refractivity contribution >= 4 is 34.5 Å². The van der Waals surface area contributed by atoms with Crippen LogP contribution in [-0.4, -0.2) is 50.9 Å². The maximum absolute atomic E-state index is 14.2. The smallest absolute Gasteiger partial charge is 0.269 e. The second kappa shape index (κ2) is 9.30. The van der Waals surface area contributed by atoms with Gasteiger partial charge in [0.2, 0.25) is 17.7 Å². The van der Waals surface area contributed by atoms with Crippen molar-refractivity contribution in [1.82, 2.24) is 20.0 Å². The number of hydrogen-bond donors (Lipinski definition) is 3. The van der Waals surface area contributed by atoms with Crippen LogP contribution in [0.15, 0.2) is 42.5 Å². The maximum atomic E-state index is 14.2.